The van der Waals surface area contributed by atoms with Crippen LogP contribution in [0.2, 0.25) is 0 Å². The summed E-state index contributed by atoms with van der Waals surface area (Å²) < 4.78 is 20.2. The van der Waals surface area contributed by atoms with E-state index in [2.05, 4.69) is 9.26 Å². The SMILES string of the molecule is O=C(O)CP(=O)(O)OC[C@H]1O[C@@H](O)C(O)C1O. The van der Waals surface area contributed by atoms with Gasteiger partial charge in [-0.15, -0.1) is 0 Å². The van der Waals surface area contributed by atoms with Crippen LogP contribution < -0.4 is 0 Å². The van der Waals surface area contributed by atoms with E-state index in [0.717, 1.165) is 0 Å². The van der Waals surface area contributed by atoms with Crippen LogP contribution in [-0.4, -0.2) is 68.7 Å². The molecular formula is C7H13O9P. The van der Waals surface area contributed by atoms with Crippen molar-refractivity contribution < 1.29 is 43.9 Å². The Bertz CT molecular complexity index is 331. The van der Waals surface area contributed by atoms with Crippen LogP contribution in [0.25, 0.3) is 0 Å². The lowest BCUT2D eigenvalue weighted by atomic mass is 10.1. The quantitative estimate of drug-likeness (QED) is 0.348. The van der Waals surface area contributed by atoms with Gasteiger partial charge < -0.3 is 34.6 Å². The zero-order valence-corrected chi connectivity index (χ0v) is 9.43. The lowest BCUT2D eigenvalue weighted by molar-refractivity contribution is -0.135. The molecule has 1 saturated heterocycles. The van der Waals surface area contributed by atoms with Crippen LogP contribution in [0.5, 0.6) is 0 Å². The second-order valence-electron chi connectivity index (χ2n) is 3.53. The van der Waals surface area contributed by atoms with Crippen molar-refractivity contribution in [1.29, 1.82) is 0 Å². The molecule has 10 heteroatoms. The number of hydrogen-bond donors (Lipinski definition) is 5. The van der Waals surface area contributed by atoms with Crippen LogP contribution in [0.3, 0.4) is 0 Å². The summed E-state index contributed by atoms with van der Waals surface area (Å²) in [6, 6.07) is 0. The highest BCUT2D eigenvalue weighted by molar-refractivity contribution is 7.53. The molecule has 3 unspecified atom stereocenters. The number of aliphatic carboxylic acids is 1. The summed E-state index contributed by atoms with van der Waals surface area (Å²) in [4.78, 5) is 19.3. The zero-order chi connectivity index (χ0) is 13.2. The first-order valence-electron chi connectivity index (χ1n) is 4.61. The van der Waals surface area contributed by atoms with Gasteiger partial charge >= 0.3 is 13.6 Å². The molecule has 0 spiro atoms. The predicted octanol–water partition coefficient (Wildman–Crippen LogP) is -2.29. The highest BCUT2D eigenvalue weighted by Gasteiger charge is 2.42. The average molecular weight is 272 g/mol. The molecule has 1 aliphatic heterocycles. The van der Waals surface area contributed by atoms with Gasteiger partial charge in [-0.1, -0.05) is 0 Å². The molecular weight excluding hydrogens is 259 g/mol. The molecule has 1 aliphatic rings. The van der Waals surface area contributed by atoms with Crippen molar-refractivity contribution in [2.75, 3.05) is 12.8 Å². The van der Waals surface area contributed by atoms with E-state index in [-0.39, 0.29) is 0 Å². The van der Waals surface area contributed by atoms with Crippen molar-refractivity contribution in [2.45, 2.75) is 24.6 Å². The minimum Gasteiger partial charge on any atom is -0.481 e. The second kappa shape index (κ2) is 5.40. The number of aliphatic hydroxyl groups excluding tert-OH is 3. The van der Waals surface area contributed by atoms with E-state index in [9.17, 15) is 14.5 Å². The standard InChI is InChI=1S/C7H13O9P/c8-4(9)2-17(13,14)15-1-3-5(10)6(11)7(12)16-3/h3,5-7,10-12H,1-2H2,(H,8,9)(H,13,14)/t3-,5?,6?,7-/m1/s1. The Morgan fingerprint density at radius 1 is 1.29 bits per heavy atom. The number of carboxylic acids is 1. The summed E-state index contributed by atoms with van der Waals surface area (Å²) in [6.45, 7) is -0.615. The molecule has 1 heterocycles. The number of hydrogen-bond acceptors (Lipinski definition) is 7. The maximum Gasteiger partial charge on any atom is 0.339 e. The molecule has 1 fully saturated rings. The largest absolute Gasteiger partial charge is 0.481 e. The number of carbonyl (C=O) groups is 1. The number of carboxylic acid groups (broad SMARTS) is 1. The first-order chi connectivity index (χ1) is 7.73. The monoisotopic (exact) mass is 272 g/mol. The highest BCUT2D eigenvalue weighted by atomic mass is 31.2. The number of rotatable bonds is 5. The number of aliphatic hydroxyl groups is 3. The molecule has 0 aromatic carbocycles. The van der Waals surface area contributed by atoms with Crippen molar-refractivity contribution in [3.05, 3.63) is 0 Å². The first-order valence-corrected chi connectivity index (χ1v) is 6.37. The summed E-state index contributed by atoms with van der Waals surface area (Å²) in [6.07, 6.45) is -6.91. The van der Waals surface area contributed by atoms with Crippen LogP contribution in [0, 0.1) is 0 Å². The van der Waals surface area contributed by atoms with Gasteiger partial charge in [-0.25, -0.2) is 0 Å². The fourth-order valence-corrected chi connectivity index (χ4v) is 2.09. The molecule has 0 aromatic heterocycles. The Hall–Kier alpha value is -0.540. The zero-order valence-electron chi connectivity index (χ0n) is 8.54. The van der Waals surface area contributed by atoms with Gasteiger partial charge in [0.15, 0.2) is 6.29 Å². The van der Waals surface area contributed by atoms with Crippen LogP contribution >= 0.6 is 7.60 Å². The van der Waals surface area contributed by atoms with Crippen molar-refractivity contribution in [3.8, 4) is 0 Å². The molecule has 0 aromatic rings. The van der Waals surface area contributed by atoms with Gasteiger partial charge in [0.1, 0.15) is 24.5 Å². The second-order valence-corrected chi connectivity index (χ2v) is 5.38. The van der Waals surface area contributed by atoms with Crippen molar-refractivity contribution >= 4 is 13.6 Å². The Morgan fingerprint density at radius 2 is 1.88 bits per heavy atom. The van der Waals surface area contributed by atoms with E-state index in [1.807, 2.05) is 0 Å². The van der Waals surface area contributed by atoms with E-state index in [1.165, 1.54) is 0 Å². The van der Waals surface area contributed by atoms with Gasteiger partial charge in [-0.3, -0.25) is 9.36 Å². The van der Waals surface area contributed by atoms with Crippen LogP contribution in [0.4, 0.5) is 0 Å². The Labute approximate surface area is 95.7 Å². The van der Waals surface area contributed by atoms with Crippen LogP contribution in [-0.2, 0) is 18.6 Å². The fourth-order valence-electron chi connectivity index (χ4n) is 1.27. The summed E-state index contributed by atoms with van der Waals surface area (Å²) >= 11 is 0. The molecule has 0 bridgehead atoms. The smallest absolute Gasteiger partial charge is 0.339 e. The van der Waals surface area contributed by atoms with E-state index < -0.39 is 50.9 Å². The van der Waals surface area contributed by atoms with Gasteiger partial charge in [0, 0.05) is 0 Å². The molecule has 0 saturated carbocycles. The van der Waals surface area contributed by atoms with Crippen LogP contribution in [0.15, 0.2) is 0 Å². The molecule has 9 nitrogen and oxygen atoms in total. The third-order valence-corrected chi connectivity index (χ3v) is 3.34. The Morgan fingerprint density at radius 3 is 2.29 bits per heavy atom. The number of ether oxygens (including phenoxy) is 1. The van der Waals surface area contributed by atoms with E-state index in [1.54, 1.807) is 0 Å². The van der Waals surface area contributed by atoms with Gasteiger partial charge in [0.2, 0.25) is 0 Å². The third-order valence-electron chi connectivity index (χ3n) is 2.11. The molecule has 0 amide bonds. The first kappa shape index (κ1) is 14.5. The molecule has 1 rings (SSSR count). The minimum atomic E-state index is -4.32. The average Bonchev–Trinajstić information content (AvgIpc) is 2.41. The molecule has 0 aliphatic carbocycles. The van der Waals surface area contributed by atoms with Crippen LogP contribution in [0.1, 0.15) is 0 Å². The Kier molecular flexibility index (Phi) is 4.62. The summed E-state index contributed by atoms with van der Waals surface area (Å²) in [5.74, 6) is -1.51. The molecule has 5 N–H and O–H groups in total. The van der Waals surface area contributed by atoms with Crippen molar-refractivity contribution in [1.82, 2.24) is 0 Å². The fraction of sp³-hybridized carbons (Fsp3) is 0.857. The lowest BCUT2D eigenvalue weighted by Crippen LogP contribution is -2.34. The minimum absolute atomic E-state index is 0.615. The van der Waals surface area contributed by atoms with E-state index in [0.29, 0.717) is 0 Å². The maximum absolute atomic E-state index is 11.1. The highest BCUT2D eigenvalue weighted by Crippen LogP contribution is 2.42. The van der Waals surface area contributed by atoms with Crippen molar-refractivity contribution in [3.63, 3.8) is 0 Å². The topological polar surface area (TPSA) is 154 Å². The van der Waals surface area contributed by atoms with E-state index in [4.69, 9.17) is 20.2 Å². The predicted molar refractivity (Wildman–Crippen MR) is 51.2 cm³/mol. The molecule has 0 radical (unpaired) electrons. The normalized spacial score (nSPS) is 36.7. The molecule has 5 atom stereocenters. The molecule has 100 valence electrons. The van der Waals surface area contributed by atoms with Gasteiger partial charge in [0.05, 0.1) is 6.61 Å². The molecule has 17 heavy (non-hydrogen) atoms. The summed E-state index contributed by atoms with van der Waals surface area (Å²) in [5.41, 5.74) is 0. The van der Waals surface area contributed by atoms with E-state index >= 15 is 0 Å². The summed E-state index contributed by atoms with van der Waals surface area (Å²) in [5, 5.41) is 35.7. The summed E-state index contributed by atoms with van der Waals surface area (Å²) in [7, 11) is -4.32. The van der Waals surface area contributed by atoms with Gasteiger partial charge in [-0.05, 0) is 0 Å². The lowest BCUT2D eigenvalue weighted by Gasteiger charge is -2.16. The van der Waals surface area contributed by atoms with Gasteiger partial charge in [0.25, 0.3) is 0 Å². The van der Waals surface area contributed by atoms with Gasteiger partial charge in [-0.2, -0.15) is 0 Å². The maximum atomic E-state index is 11.1. The van der Waals surface area contributed by atoms with Crippen molar-refractivity contribution in [2.24, 2.45) is 0 Å². The Balaban J connectivity index is 2.46. The third kappa shape index (κ3) is 4.00.